The third-order valence-corrected chi connectivity index (χ3v) is 2.45. The summed E-state index contributed by atoms with van der Waals surface area (Å²) in [7, 11) is 0. The molecule has 0 spiro atoms. The van der Waals surface area contributed by atoms with Crippen LogP contribution in [-0.4, -0.2) is 30.7 Å². The third-order valence-electron chi connectivity index (χ3n) is 2.45. The lowest BCUT2D eigenvalue weighted by Gasteiger charge is -2.20. The van der Waals surface area contributed by atoms with E-state index in [1.54, 1.807) is 0 Å². The van der Waals surface area contributed by atoms with Crippen molar-refractivity contribution in [1.82, 2.24) is 0 Å². The first kappa shape index (κ1) is 9.66. The zero-order valence-corrected chi connectivity index (χ0v) is 8.32. The summed E-state index contributed by atoms with van der Waals surface area (Å²) in [6.07, 6.45) is -0.593. The first-order valence-electron chi connectivity index (χ1n) is 4.59. The summed E-state index contributed by atoms with van der Waals surface area (Å²) in [5.74, 6) is -0.576. The van der Waals surface area contributed by atoms with Gasteiger partial charge in [-0.25, -0.2) is 0 Å². The number of nitrogens with zero attached hydrogens (tertiary/aromatic N) is 1. The van der Waals surface area contributed by atoms with Crippen molar-refractivity contribution in [2.75, 3.05) is 6.61 Å². The van der Waals surface area contributed by atoms with Crippen molar-refractivity contribution in [1.29, 1.82) is 5.26 Å². The molecule has 0 bridgehead atoms. The molecule has 0 N–H and O–H groups in total. The average Bonchev–Trinajstić information content (AvgIpc) is 2.58. The highest BCUT2D eigenvalue weighted by atomic mass is 16.8. The Kier molecular flexibility index (Phi) is 2.11. The molecule has 0 aromatic rings. The van der Waals surface area contributed by atoms with Crippen LogP contribution >= 0.6 is 0 Å². The van der Waals surface area contributed by atoms with Gasteiger partial charge in [0.1, 0.15) is 18.3 Å². The molecule has 2 rings (SSSR count). The summed E-state index contributed by atoms with van der Waals surface area (Å²) in [6.45, 7) is 7.83. The van der Waals surface area contributed by atoms with Gasteiger partial charge in [-0.2, -0.15) is 5.26 Å². The maximum atomic E-state index is 8.72. The van der Waals surface area contributed by atoms with E-state index in [2.05, 4.69) is 6.58 Å². The van der Waals surface area contributed by atoms with Gasteiger partial charge in [0.15, 0.2) is 5.79 Å². The fourth-order valence-electron chi connectivity index (χ4n) is 1.90. The lowest BCUT2D eigenvalue weighted by molar-refractivity contribution is -0.171. The van der Waals surface area contributed by atoms with Gasteiger partial charge in [-0.05, 0) is 13.8 Å². The van der Waals surface area contributed by atoms with Crippen LogP contribution in [0.3, 0.4) is 0 Å². The molecule has 4 nitrogen and oxygen atoms in total. The minimum absolute atomic E-state index is 0.0694. The van der Waals surface area contributed by atoms with Gasteiger partial charge < -0.3 is 14.2 Å². The Balaban J connectivity index is 2.13. The molecule has 0 aromatic heterocycles. The lowest BCUT2D eigenvalue weighted by Crippen LogP contribution is -2.30. The van der Waals surface area contributed by atoms with E-state index in [-0.39, 0.29) is 18.3 Å². The SMILES string of the molecule is C=C(C#N)[C@H]1OC[C@H]2OC(C)(C)O[C@@H]12. The molecule has 14 heavy (non-hydrogen) atoms. The van der Waals surface area contributed by atoms with Gasteiger partial charge in [-0.3, -0.25) is 0 Å². The molecule has 0 radical (unpaired) electrons. The van der Waals surface area contributed by atoms with Crippen LogP contribution in [0.2, 0.25) is 0 Å². The van der Waals surface area contributed by atoms with Crippen LogP contribution in [0, 0.1) is 11.3 Å². The third kappa shape index (κ3) is 1.44. The largest absolute Gasteiger partial charge is 0.367 e. The molecule has 2 saturated heterocycles. The van der Waals surface area contributed by atoms with Gasteiger partial charge in [0.05, 0.1) is 18.2 Å². The first-order chi connectivity index (χ1) is 6.53. The molecule has 0 unspecified atom stereocenters. The molecule has 0 saturated carbocycles. The highest BCUT2D eigenvalue weighted by molar-refractivity contribution is 5.25. The summed E-state index contributed by atoms with van der Waals surface area (Å²) in [6, 6.07) is 1.99. The van der Waals surface area contributed by atoms with Crippen molar-refractivity contribution in [3.63, 3.8) is 0 Å². The topological polar surface area (TPSA) is 51.5 Å². The first-order valence-corrected chi connectivity index (χ1v) is 4.59. The Morgan fingerprint density at radius 1 is 1.50 bits per heavy atom. The molecule has 0 aliphatic carbocycles. The van der Waals surface area contributed by atoms with Crippen molar-refractivity contribution in [2.45, 2.75) is 37.9 Å². The van der Waals surface area contributed by atoms with E-state index in [0.29, 0.717) is 12.2 Å². The van der Waals surface area contributed by atoms with E-state index in [1.165, 1.54) is 0 Å². The Bertz CT molecular complexity index is 305. The van der Waals surface area contributed by atoms with E-state index in [1.807, 2.05) is 19.9 Å². The van der Waals surface area contributed by atoms with Crippen molar-refractivity contribution >= 4 is 0 Å². The lowest BCUT2D eigenvalue weighted by atomic mass is 10.1. The number of ether oxygens (including phenoxy) is 3. The summed E-state index contributed by atoms with van der Waals surface area (Å²) < 4.78 is 16.6. The van der Waals surface area contributed by atoms with Crippen LogP contribution in [0.15, 0.2) is 12.2 Å². The van der Waals surface area contributed by atoms with Gasteiger partial charge in [-0.1, -0.05) is 6.58 Å². The molecule has 2 fully saturated rings. The van der Waals surface area contributed by atoms with Crippen LogP contribution in [0.5, 0.6) is 0 Å². The zero-order chi connectivity index (χ0) is 10.3. The average molecular weight is 195 g/mol. The Labute approximate surface area is 83.1 Å². The summed E-state index contributed by atoms with van der Waals surface area (Å²) in [5.41, 5.74) is 0.402. The van der Waals surface area contributed by atoms with Gasteiger partial charge in [0.2, 0.25) is 0 Å². The fraction of sp³-hybridized carbons (Fsp3) is 0.700. The van der Waals surface area contributed by atoms with Crippen LogP contribution in [-0.2, 0) is 14.2 Å². The van der Waals surface area contributed by atoms with Crippen LogP contribution in [0.4, 0.5) is 0 Å². The van der Waals surface area contributed by atoms with Crippen LogP contribution in [0.1, 0.15) is 13.8 Å². The number of rotatable bonds is 1. The molecule has 76 valence electrons. The second-order valence-corrected chi connectivity index (χ2v) is 4.03. The Morgan fingerprint density at radius 2 is 2.21 bits per heavy atom. The maximum absolute atomic E-state index is 8.72. The van der Waals surface area contributed by atoms with Gasteiger partial charge in [0, 0.05) is 0 Å². The number of hydrogen-bond acceptors (Lipinski definition) is 4. The molecule has 0 aromatic carbocycles. The van der Waals surface area contributed by atoms with Crippen LogP contribution < -0.4 is 0 Å². The molecular formula is C10H13NO3. The van der Waals surface area contributed by atoms with E-state index in [0.717, 1.165) is 0 Å². The van der Waals surface area contributed by atoms with Gasteiger partial charge in [0.25, 0.3) is 0 Å². The monoisotopic (exact) mass is 195 g/mol. The smallest absolute Gasteiger partial charge is 0.164 e. The standard InChI is InChI=1S/C10H13NO3/c1-6(4-11)8-9-7(5-12-8)13-10(2,3)14-9/h7-9H,1,5H2,2-3H3/t7-,8-,9-/m1/s1. The van der Waals surface area contributed by atoms with Crippen molar-refractivity contribution in [3.8, 4) is 6.07 Å². The van der Waals surface area contributed by atoms with Crippen molar-refractivity contribution < 1.29 is 14.2 Å². The fourth-order valence-corrected chi connectivity index (χ4v) is 1.90. The maximum Gasteiger partial charge on any atom is 0.164 e. The second kappa shape index (κ2) is 3.06. The number of fused-ring (bicyclic) bond motifs is 1. The van der Waals surface area contributed by atoms with E-state index >= 15 is 0 Å². The molecule has 3 atom stereocenters. The molecule has 2 aliphatic heterocycles. The molecule has 2 heterocycles. The van der Waals surface area contributed by atoms with Gasteiger partial charge >= 0.3 is 0 Å². The highest BCUT2D eigenvalue weighted by Gasteiger charge is 2.50. The summed E-state index contributed by atoms with van der Waals surface area (Å²) in [5, 5.41) is 8.72. The zero-order valence-electron chi connectivity index (χ0n) is 8.32. The predicted octanol–water partition coefficient (Wildman–Crippen LogP) is 0.985. The second-order valence-electron chi connectivity index (χ2n) is 4.03. The van der Waals surface area contributed by atoms with E-state index < -0.39 is 5.79 Å². The van der Waals surface area contributed by atoms with E-state index in [4.69, 9.17) is 19.5 Å². The van der Waals surface area contributed by atoms with Gasteiger partial charge in [-0.15, -0.1) is 0 Å². The summed E-state index contributed by atoms with van der Waals surface area (Å²) in [4.78, 5) is 0. The minimum Gasteiger partial charge on any atom is -0.367 e. The van der Waals surface area contributed by atoms with Crippen LogP contribution in [0.25, 0.3) is 0 Å². The highest BCUT2D eigenvalue weighted by Crippen LogP contribution is 2.36. The summed E-state index contributed by atoms with van der Waals surface area (Å²) >= 11 is 0. The normalized spacial score (nSPS) is 39.1. The van der Waals surface area contributed by atoms with Crippen molar-refractivity contribution in [2.24, 2.45) is 0 Å². The molecular weight excluding hydrogens is 182 g/mol. The number of hydrogen-bond donors (Lipinski definition) is 0. The Hall–Kier alpha value is -0.890. The Morgan fingerprint density at radius 3 is 2.86 bits per heavy atom. The van der Waals surface area contributed by atoms with E-state index in [9.17, 15) is 0 Å². The molecule has 4 heteroatoms. The molecule has 2 aliphatic rings. The number of nitriles is 1. The molecule has 0 amide bonds. The quantitative estimate of drug-likeness (QED) is 0.585. The predicted molar refractivity (Wildman–Crippen MR) is 48.3 cm³/mol. The van der Waals surface area contributed by atoms with Crippen molar-refractivity contribution in [3.05, 3.63) is 12.2 Å². The minimum atomic E-state index is -0.576.